The number of aryl methyl sites for hydroxylation is 1. The Bertz CT molecular complexity index is 816. The molecule has 0 amide bonds. The van der Waals surface area contributed by atoms with Crippen LogP contribution in [0.4, 0.5) is 5.69 Å². The molecule has 0 aliphatic heterocycles. The van der Waals surface area contributed by atoms with E-state index >= 15 is 0 Å². The Morgan fingerprint density at radius 3 is 2.44 bits per heavy atom. The van der Waals surface area contributed by atoms with Crippen LogP contribution in [0.5, 0.6) is 0 Å². The Balaban J connectivity index is 1.52. The van der Waals surface area contributed by atoms with Gasteiger partial charge in [-0.3, -0.25) is 0 Å². The van der Waals surface area contributed by atoms with E-state index in [4.69, 9.17) is 0 Å². The lowest BCUT2D eigenvalue weighted by molar-refractivity contribution is 0.0759. The quantitative estimate of drug-likeness (QED) is 0.269. The van der Waals surface area contributed by atoms with E-state index in [9.17, 15) is 0 Å². The fourth-order valence-electron chi connectivity index (χ4n) is 7.80. The molecule has 0 radical (unpaired) electrons. The van der Waals surface area contributed by atoms with Crippen molar-refractivity contribution in [3.8, 4) is 0 Å². The van der Waals surface area contributed by atoms with Gasteiger partial charge in [0.05, 0.1) is 0 Å². The second-order valence-corrected chi connectivity index (χ2v) is 14.4. The van der Waals surface area contributed by atoms with Crippen molar-refractivity contribution in [2.45, 2.75) is 126 Å². The number of allylic oxidation sites excluding steroid dienone is 2. The van der Waals surface area contributed by atoms with E-state index in [0.29, 0.717) is 10.8 Å². The Hall–Kier alpha value is -1.24. The molecule has 0 saturated heterocycles. The van der Waals surface area contributed by atoms with E-state index in [2.05, 4.69) is 84.1 Å². The van der Waals surface area contributed by atoms with Crippen LogP contribution < -0.4 is 5.32 Å². The highest BCUT2D eigenvalue weighted by Gasteiger charge is 2.45. The van der Waals surface area contributed by atoms with Gasteiger partial charge in [-0.05, 0) is 116 Å². The van der Waals surface area contributed by atoms with Crippen LogP contribution >= 0.6 is 0 Å². The highest BCUT2D eigenvalue weighted by Crippen LogP contribution is 2.56. The summed E-state index contributed by atoms with van der Waals surface area (Å²) in [7, 11) is 2.00. The van der Waals surface area contributed by atoms with Crippen LogP contribution in [0, 0.1) is 40.4 Å². The van der Waals surface area contributed by atoms with Gasteiger partial charge in [-0.25, -0.2) is 0 Å². The van der Waals surface area contributed by atoms with Crippen LogP contribution in [-0.2, 0) is 6.42 Å². The summed E-state index contributed by atoms with van der Waals surface area (Å²) in [6, 6.07) is 9.06. The van der Waals surface area contributed by atoms with Gasteiger partial charge in [0.15, 0.2) is 0 Å². The molecule has 204 valence electrons. The average molecular weight is 494 g/mol. The number of hydrogen-bond donors (Lipinski definition) is 1. The normalized spacial score (nSPS) is 27.5. The van der Waals surface area contributed by atoms with Crippen molar-refractivity contribution in [2.24, 2.45) is 40.4 Å². The number of benzene rings is 1. The van der Waals surface area contributed by atoms with Gasteiger partial charge in [-0.15, -0.1) is 0 Å². The molecule has 1 nitrogen and oxygen atoms in total. The topological polar surface area (TPSA) is 12.0 Å². The standard InChI is InChI=1S/C35H59N/c1-26(2)10-9-11-27(3)25-34(5,6)22-21-33-28(4)12-17-31-24-30(20-23-35(31,33)7)14-13-29-15-18-32(36-8)19-16-29/h15-19,26-28,30,33,36H,9-14,20-25H2,1-8H3. The largest absolute Gasteiger partial charge is 0.388 e. The zero-order chi connectivity index (χ0) is 26.3. The molecule has 1 fully saturated rings. The lowest BCUT2D eigenvalue weighted by Gasteiger charge is -2.51. The minimum atomic E-state index is 0.446. The van der Waals surface area contributed by atoms with Gasteiger partial charge in [-0.1, -0.05) is 91.5 Å². The van der Waals surface area contributed by atoms with E-state index < -0.39 is 0 Å². The van der Waals surface area contributed by atoms with Crippen LogP contribution in [-0.4, -0.2) is 7.05 Å². The van der Waals surface area contributed by atoms with Crippen LogP contribution in [0.25, 0.3) is 0 Å². The first-order chi connectivity index (χ1) is 17.0. The maximum absolute atomic E-state index is 3.24. The van der Waals surface area contributed by atoms with Crippen LogP contribution in [0.1, 0.15) is 125 Å². The highest BCUT2D eigenvalue weighted by molar-refractivity contribution is 5.43. The van der Waals surface area contributed by atoms with Crippen molar-refractivity contribution in [3.05, 3.63) is 41.5 Å². The van der Waals surface area contributed by atoms with Crippen molar-refractivity contribution in [3.63, 3.8) is 0 Å². The van der Waals surface area contributed by atoms with Crippen molar-refractivity contribution >= 4 is 5.69 Å². The fraction of sp³-hybridized carbons (Fsp3) is 0.771. The molecule has 1 aromatic rings. The summed E-state index contributed by atoms with van der Waals surface area (Å²) in [5.41, 5.74) is 5.44. The lowest BCUT2D eigenvalue weighted by atomic mass is 9.54. The SMILES string of the molecule is CNc1ccc(CCC2CCC3(C)C(=CCC(C)C3CCC(C)(C)CC(C)CCCC(C)C)C2)cc1. The summed E-state index contributed by atoms with van der Waals surface area (Å²) in [6.07, 6.45) is 19.1. The minimum Gasteiger partial charge on any atom is -0.388 e. The molecule has 2 aliphatic carbocycles. The third-order valence-electron chi connectivity index (χ3n) is 10.2. The lowest BCUT2D eigenvalue weighted by Crippen LogP contribution is -2.41. The Labute approximate surface area is 225 Å². The molecule has 0 spiro atoms. The fourth-order valence-corrected chi connectivity index (χ4v) is 7.80. The molecule has 1 saturated carbocycles. The third-order valence-corrected chi connectivity index (χ3v) is 10.2. The number of nitrogens with one attached hydrogen (secondary N) is 1. The third kappa shape index (κ3) is 8.13. The molecule has 36 heavy (non-hydrogen) atoms. The van der Waals surface area contributed by atoms with Gasteiger partial charge >= 0.3 is 0 Å². The molecule has 0 aromatic heterocycles. The molecule has 5 atom stereocenters. The smallest absolute Gasteiger partial charge is 0.0337 e. The molecule has 1 heteroatoms. The molecule has 0 heterocycles. The highest BCUT2D eigenvalue weighted by atomic mass is 14.8. The van der Waals surface area contributed by atoms with Gasteiger partial charge < -0.3 is 5.32 Å². The Morgan fingerprint density at radius 2 is 1.78 bits per heavy atom. The molecular formula is C35H59N. The molecule has 0 bridgehead atoms. The van der Waals surface area contributed by atoms with E-state index in [0.717, 1.165) is 29.6 Å². The summed E-state index contributed by atoms with van der Waals surface area (Å²) < 4.78 is 0. The molecule has 5 unspecified atom stereocenters. The van der Waals surface area contributed by atoms with E-state index in [-0.39, 0.29) is 0 Å². The predicted molar refractivity (Wildman–Crippen MR) is 161 cm³/mol. The Morgan fingerprint density at radius 1 is 1.06 bits per heavy atom. The first-order valence-corrected chi connectivity index (χ1v) is 15.5. The van der Waals surface area contributed by atoms with Crippen LogP contribution in [0.3, 0.4) is 0 Å². The zero-order valence-corrected chi connectivity index (χ0v) is 25.3. The Kier molecular flexibility index (Phi) is 10.6. The first kappa shape index (κ1) is 29.3. The summed E-state index contributed by atoms with van der Waals surface area (Å²) in [5, 5.41) is 3.24. The van der Waals surface area contributed by atoms with Gasteiger partial charge in [0.1, 0.15) is 0 Å². The second-order valence-electron chi connectivity index (χ2n) is 14.4. The summed E-state index contributed by atoms with van der Waals surface area (Å²) in [5.74, 6) is 4.27. The van der Waals surface area contributed by atoms with Crippen molar-refractivity contribution < 1.29 is 0 Å². The number of hydrogen-bond acceptors (Lipinski definition) is 1. The number of rotatable bonds is 13. The van der Waals surface area contributed by atoms with Crippen molar-refractivity contribution in [1.29, 1.82) is 0 Å². The summed E-state index contributed by atoms with van der Waals surface area (Å²) in [6.45, 7) is 17.5. The molecule has 1 aromatic carbocycles. The maximum Gasteiger partial charge on any atom is 0.0337 e. The van der Waals surface area contributed by atoms with E-state index in [1.54, 1.807) is 0 Å². The first-order valence-electron chi connectivity index (χ1n) is 15.5. The van der Waals surface area contributed by atoms with Crippen molar-refractivity contribution in [2.75, 3.05) is 12.4 Å². The van der Waals surface area contributed by atoms with E-state index in [1.807, 2.05) is 12.6 Å². The van der Waals surface area contributed by atoms with Crippen molar-refractivity contribution in [1.82, 2.24) is 0 Å². The van der Waals surface area contributed by atoms with Gasteiger partial charge in [0, 0.05) is 12.7 Å². The van der Waals surface area contributed by atoms with Crippen LogP contribution in [0.15, 0.2) is 35.9 Å². The van der Waals surface area contributed by atoms with Gasteiger partial charge in [-0.2, -0.15) is 0 Å². The molecule has 3 rings (SSSR count). The predicted octanol–water partition coefficient (Wildman–Crippen LogP) is 10.7. The second kappa shape index (κ2) is 13.0. The maximum atomic E-state index is 3.24. The minimum absolute atomic E-state index is 0.446. The molecular weight excluding hydrogens is 434 g/mol. The summed E-state index contributed by atoms with van der Waals surface area (Å²) in [4.78, 5) is 0. The summed E-state index contributed by atoms with van der Waals surface area (Å²) >= 11 is 0. The molecule has 2 aliphatic rings. The van der Waals surface area contributed by atoms with Crippen LogP contribution in [0.2, 0.25) is 0 Å². The van der Waals surface area contributed by atoms with Gasteiger partial charge in [0.25, 0.3) is 0 Å². The zero-order valence-electron chi connectivity index (χ0n) is 25.3. The van der Waals surface area contributed by atoms with E-state index in [1.165, 1.54) is 88.3 Å². The van der Waals surface area contributed by atoms with Gasteiger partial charge in [0.2, 0.25) is 0 Å². The average Bonchev–Trinajstić information content (AvgIpc) is 2.82. The monoisotopic (exact) mass is 493 g/mol. The number of fused-ring (bicyclic) bond motifs is 1. The number of anilines is 1. The molecule has 1 N–H and O–H groups in total.